The second kappa shape index (κ2) is 8.11. The number of carbonyl (C=O) groups excluding carboxylic acids is 1. The van der Waals surface area contributed by atoms with Gasteiger partial charge in [0.05, 0.1) is 6.61 Å². The molecule has 1 N–H and O–H groups in total. The van der Waals surface area contributed by atoms with Gasteiger partial charge in [-0.2, -0.15) is 0 Å². The number of hydrogen-bond acceptors (Lipinski definition) is 4. The highest BCUT2D eigenvalue weighted by Crippen LogP contribution is 2.30. The molecule has 25 heavy (non-hydrogen) atoms. The molecular weight excluding hydrogens is 332 g/mol. The lowest BCUT2D eigenvalue weighted by Crippen LogP contribution is -2.45. The molecule has 1 saturated carbocycles. The van der Waals surface area contributed by atoms with Crippen LogP contribution < -0.4 is 0 Å². The van der Waals surface area contributed by atoms with Crippen LogP contribution in [0.15, 0.2) is 29.6 Å². The normalized spacial score (nSPS) is 20.4. The Hall–Kier alpha value is -1.72. The Morgan fingerprint density at radius 1 is 1.36 bits per heavy atom. The smallest absolute Gasteiger partial charge is 0.273 e. The second-order valence-electron chi connectivity index (χ2n) is 6.82. The number of benzene rings is 1. The molecule has 1 aliphatic carbocycles. The average Bonchev–Trinajstić information content (AvgIpc) is 3.14. The third kappa shape index (κ3) is 3.93. The van der Waals surface area contributed by atoms with Gasteiger partial charge in [-0.3, -0.25) is 4.79 Å². The molecule has 1 aromatic carbocycles. The van der Waals surface area contributed by atoms with Crippen LogP contribution in [0.1, 0.15) is 55.6 Å². The van der Waals surface area contributed by atoms with Crippen molar-refractivity contribution in [1.29, 1.82) is 0 Å². The largest absolute Gasteiger partial charge is 0.392 e. The van der Waals surface area contributed by atoms with Gasteiger partial charge in [0.1, 0.15) is 10.7 Å². The van der Waals surface area contributed by atoms with Crippen molar-refractivity contribution in [3.63, 3.8) is 0 Å². The zero-order valence-electron chi connectivity index (χ0n) is 14.9. The Morgan fingerprint density at radius 3 is 2.88 bits per heavy atom. The zero-order chi connectivity index (χ0) is 17.8. The molecule has 5 heteroatoms. The molecular formula is C20H26N2O2S. The first-order valence-corrected chi connectivity index (χ1v) is 9.98. The number of aliphatic hydroxyl groups excluding tert-OH is 1. The van der Waals surface area contributed by atoms with E-state index in [1.165, 1.54) is 30.6 Å². The van der Waals surface area contributed by atoms with Crippen LogP contribution in [0.4, 0.5) is 0 Å². The Balaban J connectivity index is 1.81. The van der Waals surface area contributed by atoms with Crippen LogP contribution in [0.2, 0.25) is 0 Å². The van der Waals surface area contributed by atoms with E-state index in [0.29, 0.717) is 17.7 Å². The lowest BCUT2D eigenvalue weighted by molar-refractivity contribution is 0.0565. The molecule has 0 radical (unpaired) electrons. The first-order chi connectivity index (χ1) is 12.1. The summed E-state index contributed by atoms with van der Waals surface area (Å²) in [5.74, 6) is 0.596. The molecule has 1 aliphatic rings. The lowest BCUT2D eigenvalue weighted by atomic mass is 9.84. The SMILES string of the molecule is CCN(C(=O)c1csc(-c2cccc(CO)c2)n1)C1CCCCC1C. The standard InChI is InChI=1S/C20H26N2O2S/c1-3-22(18-10-5-4-7-14(18)2)20(24)17-13-25-19(21-17)16-9-6-8-15(11-16)12-23/h6,8-9,11,13-14,18,23H,3-5,7,10,12H2,1-2H3. The van der Waals surface area contributed by atoms with Crippen LogP contribution >= 0.6 is 11.3 Å². The third-order valence-electron chi connectivity index (χ3n) is 5.15. The highest BCUT2D eigenvalue weighted by Gasteiger charge is 2.30. The quantitative estimate of drug-likeness (QED) is 0.865. The Kier molecular flexibility index (Phi) is 5.86. The van der Waals surface area contributed by atoms with Gasteiger partial charge >= 0.3 is 0 Å². The topological polar surface area (TPSA) is 53.4 Å². The van der Waals surface area contributed by atoms with E-state index in [0.717, 1.165) is 29.1 Å². The van der Waals surface area contributed by atoms with Crippen LogP contribution in [0.5, 0.6) is 0 Å². The average molecular weight is 359 g/mol. The van der Waals surface area contributed by atoms with Crippen molar-refractivity contribution in [1.82, 2.24) is 9.88 Å². The van der Waals surface area contributed by atoms with Gasteiger partial charge < -0.3 is 10.0 Å². The van der Waals surface area contributed by atoms with Crippen molar-refractivity contribution >= 4 is 17.2 Å². The van der Waals surface area contributed by atoms with Crippen LogP contribution in [0.3, 0.4) is 0 Å². The number of rotatable bonds is 5. The molecule has 1 aromatic heterocycles. The molecule has 0 spiro atoms. The highest BCUT2D eigenvalue weighted by atomic mass is 32.1. The van der Waals surface area contributed by atoms with Gasteiger partial charge in [-0.15, -0.1) is 11.3 Å². The van der Waals surface area contributed by atoms with Crippen molar-refractivity contribution in [2.45, 2.75) is 52.2 Å². The van der Waals surface area contributed by atoms with Gasteiger partial charge in [-0.05, 0) is 37.3 Å². The monoisotopic (exact) mass is 358 g/mol. The number of carbonyl (C=O) groups is 1. The van der Waals surface area contributed by atoms with Crippen molar-refractivity contribution in [2.24, 2.45) is 5.92 Å². The van der Waals surface area contributed by atoms with E-state index in [-0.39, 0.29) is 12.5 Å². The molecule has 1 amide bonds. The van der Waals surface area contributed by atoms with E-state index in [1.807, 2.05) is 34.5 Å². The fourth-order valence-electron chi connectivity index (χ4n) is 3.74. The minimum absolute atomic E-state index is 0.00812. The van der Waals surface area contributed by atoms with Gasteiger partial charge in [-0.1, -0.05) is 38.0 Å². The minimum atomic E-state index is 0.00812. The molecule has 4 nitrogen and oxygen atoms in total. The predicted molar refractivity (Wildman–Crippen MR) is 102 cm³/mol. The molecule has 2 unspecified atom stereocenters. The molecule has 134 valence electrons. The van der Waals surface area contributed by atoms with Crippen LogP contribution in [-0.2, 0) is 6.61 Å². The van der Waals surface area contributed by atoms with E-state index in [1.54, 1.807) is 0 Å². The van der Waals surface area contributed by atoms with Gasteiger partial charge in [0.2, 0.25) is 0 Å². The lowest BCUT2D eigenvalue weighted by Gasteiger charge is -2.37. The summed E-state index contributed by atoms with van der Waals surface area (Å²) in [4.78, 5) is 19.6. The zero-order valence-corrected chi connectivity index (χ0v) is 15.8. The molecule has 1 fully saturated rings. The fraction of sp³-hybridized carbons (Fsp3) is 0.500. The van der Waals surface area contributed by atoms with Crippen molar-refractivity contribution < 1.29 is 9.90 Å². The molecule has 0 bridgehead atoms. The summed E-state index contributed by atoms with van der Waals surface area (Å²) >= 11 is 1.49. The summed E-state index contributed by atoms with van der Waals surface area (Å²) in [6.45, 7) is 5.04. The second-order valence-corrected chi connectivity index (χ2v) is 7.67. The van der Waals surface area contributed by atoms with Gasteiger partial charge in [0.25, 0.3) is 5.91 Å². The summed E-state index contributed by atoms with van der Waals surface area (Å²) in [6, 6.07) is 8.01. The Morgan fingerprint density at radius 2 is 2.16 bits per heavy atom. The number of nitrogens with zero attached hydrogens (tertiary/aromatic N) is 2. The summed E-state index contributed by atoms with van der Waals surface area (Å²) in [7, 11) is 0. The molecule has 2 aromatic rings. The number of aromatic nitrogens is 1. The molecule has 0 saturated heterocycles. The maximum absolute atomic E-state index is 13.0. The molecule has 2 atom stereocenters. The van der Waals surface area contributed by atoms with Gasteiger partial charge in [-0.25, -0.2) is 4.98 Å². The van der Waals surface area contributed by atoms with Crippen LogP contribution in [0.25, 0.3) is 10.6 Å². The Bertz CT molecular complexity index is 728. The number of hydrogen-bond donors (Lipinski definition) is 1. The minimum Gasteiger partial charge on any atom is -0.392 e. The maximum atomic E-state index is 13.0. The molecule has 3 rings (SSSR count). The fourth-order valence-corrected chi connectivity index (χ4v) is 4.53. The number of amides is 1. The predicted octanol–water partition coefficient (Wildman–Crippen LogP) is 4.34. The summed E-state index contributed by atoms with van der Waals surface area (Å²) in [5, 5.41) is 12.0. The number of thiazole rings is 1. The first kappa shape index (κ1) is 18.1. The van der Waals surface area contributed by atoms with Crippen molar-refractivity contribution in [2.75, 3.05) is 6.54 Å². The summed E-state index contributed by atoms with van der Waals surface area (Å²) in [6.07, 6.45) is 4.77. The van der Waals surface area contributed by atoms with E-state index >= 15 is 0 Å². The highest BCUT2D eigenvalue weighted by molar-refractivity contribution is 7.13. The summed E-state index contributed by atoms with van der Waals surface area (Å²) < 4.78 is 0. The summed E-state index contributed by atoms with van der Waals surface area (Å²) in [5.41, 5.74) is 2.34. The maximum Gasteiger partial charge on any atom is 0.273 e. The van der Waals surface area contributed by atoms with E-state index in [2.05, 4.69) is 18.8 Å². The van der Waals surface area contributed by atoms with Gasteiger partial charge in [0, 0.05) is 23.5 Å². The first-order valence-electron chi connectivity index (χ1n) is 9.10. The van der Waals surface area contributed by atoms with Crippen LogP contribution in [-0.4, -0.2) is 33.5 Å². The van der Waals surface area contributed by atoms with E-state index in [4.69, 9.17) is 0 Å². The Labute approximate surface area is 153 Å². The third-order valence-corrected chi connectivity index (χ3v) is 6.04. The van der Waals surface area contributed by atoms with E-state index in [9.17, 15) is 9.90 Å². The molecule has 1 heterocycles. The molecule has 0 aliphatic heterocycles. The van der Waals surface area contributed by atoms with Crippen molar-refractivity contribution in [3.8, 4) is 10.6 Å². The van der Waals surface area contributed by atoms with Gasteiger partial charge in [0.15, 0.2) is 0 Å². The van der Waals surface area contributed by atoms with Crippen molar-refractivity contribution in [3.05, 3.63) is 40.9 Å². The van der Waals surface area contributed by atoms with Crippen LogP contribution in [0, 0.1) is 5.92 Å². The number of aliphatic hydroxyl groups is 1. The van der Waals surface area contributed by atoms with E-state index < -0.39 is 0 Å².